The van der Waals surface area contributed by atoms with Crippen molar-refractivity contribution >= 4 is 11.4 Å². The quantitative estimate of drug-likeness (QED) is 0.253. The Labute approximate surface area is 214 Å². The Balaban J connectivity index is 1.20. The third-order valence-electron chi connectivity index (χ3n) is 8.66. The van der Waals surface area contributed by atoms with E-state index in [9.17, 15) is 20.2 Å². The van der Waals surface area contributed by atoms with Gasteiger partial charge in [-0.2, -0.15) is 0 Å². The van der Waals surface area contributed by atoms with Crippen LogP contribution in [0.5, 0.6) is 0 Å². The van der Waals surface area contributed by atoms with Crippen molar-refractivity contribution in [2.75, 3.05) is 40.3 Å². The highest BCUT2D eigenvalue weighted by Gasteiger charge is 2.33. The molecule has 0 bridgehead atoms. The van der Waals surface area contributed by atoms with E-state index in [1.54, 1.807) is 36.4 Å². The van der Waals surface area contributed by atoms with Crippen LogP contribution in [0.25, 0.3) is 0 Å². The Morgan fingerprint density at radius 3 is 1.39 bits per heavy atom. The molecule has 194 valence electrons. The SMILES string of the molecule is C[N+]1(Cc2cccc([N+](=O)[O-])c2)CCC(CCC2CC[N+](C)(Cc3cccc([N+](=O)[O-])c3)CC2)CC1. The minimum atomic E-state index is -0.309. The minimum absolute atomic E-state index is 0.182. The fraction of sp³-hybridized carbons (Fsp3) is 0.571. The topological polar surface area (TPSA) is 86.3 Å². The number of hydrogen-bond donors (Lipinski definition) is 0. The molecule has 8 heteroatoms. The summed E-state index contributed by atoms with van der Waals surface area (Å²) in [5.41, 5.74) is 2.47. The van der Waals surface area contributed by atoms with Gasteiger partial charge in [0.2, 0.25) is 0 Å². The molecule has 0 atom stereocenters. The van der Waals surface area contributed by atoms with Crippen molar-refractivity contribution in [2.45, 2.75) is 51.6 Å². The van der Waals surface area contributed by atoms with E-state index in [1.807, 2.05) is 12.1 Å². The van der Waals surface area contributed by atoms with Gasteiger partial charge in [-0.05, 0) is 50.4 Å². The fourth-order valence-electron chi connectivity index (χ4n) is 6.27. The number of quaternary nitrogens is 2. The molecule has 0 amide bonds. The fourth-order valence-corrected chi connectivity index (χ4v) is 6.27. The first-order valence-corrected chi connectivity index (χ1v) is 13.3. The van der Waals surface area contributed by atoms with Crippen molar-refractivity contribution in [3.63, 3.8) is 0 Å². The van der Waals surface area contributed by atoms with Gasteiger partial charge in [0, 0.05) is 35.4 Å². The van der Waals surface area contributed by atoms with E-state index in [1.165, 1.54) is 38.5 Å². The van der Waals surface area contributed by atoms with Gasteiger partial charge in [0.15, 0.2) is 0 Å². The zero-order chi connectivity index (χ0) is 25.8. The molecule has 2 aromatic carbocycles. The summed E-state index contributed by atoms with van der Waals surface area (Å²) in [5.74, 6) is 1.57. The van der Waals surface area contributed by atoms with Crippen molar-refractivity contribution in [3.05, 3.63) is 79.9 Å². The maximum atomic E-state index is 11.1. The van der Waals surface area contributed by atoms with Gasteiger partial charge >= 0.3 is 0 Å². The second-order valence-corrected chi connectivity index (χ2v) is 11.8. The Morgan fingerprint density at radius 2 is 1.06 bits per heavy atom. The number of rotatable bonds is 9. The summed E-state index contributed by atoms with van der Waals surface area (Å²) in [6.45, 7) is 6.26. The van der Waals surface area contributed by atoms with E-state index in [0.29, 0.717) is 0 Å². The summed E-state index contributed by atoms with van der Waals surface area (Å²) in [7, 11) is 4.58. The molecule has 0 aliphatic carbocycles. The van der Waals surface area contributed by atoms with Gasteiger partial charge in [-0.25, -0.2) is 0 Å². The number of nitro groups is 2. The molecule has 0 aromatic heterocycles. The molecule has 0 N–H and O–H groups in total. The normalized spacial score (nSPS) is 28.5. The van der Waals surface area contributed by atoms with E-state index in [0.717, 1.165) is 71.2 Å². The first-order valence-electron chi connectivity index (χ1n) is 13.3. The third-order valence-corrected chi connectivity index (χ3v) is 8.66. The maximum Gasteiger partial charge on any atom is 0.269 e. The van der Waals surface area contributed by atoms with Crippen LogP contribution in [0.4, 0.5) is 11.4 Å². The monoisotopic (exact) mass is 496 g/mol. The number of nitro benzene ring substituents is 2. The molecule has 0 saturated carbocycles. The molecule has 0 radical (unpaired) electrons. The zero-order valence-corrected chi connectivity index (χ0v) is 21.7. The molecule has 36 heavy (non-hydrogen) atoms. The number of benzene rings is 2. The second-order valence-electron chi connectivity index (χ2n) is 11.8. The van der Waals surface area contributed by atoms with Crippen LogP contribution < -0.4 is 0 Å². The van der Waals surface area contributed by atoms with Crippen molar-refractivity contribution in [3.8, 4) is 0 Å². The largest absolute Gasteiger partial charge is 0.322 e. The highest BCUT2D eigenvalue weighted by molar-refractivity contribution is 5.34. The molecule has 2 aromatic rings. The number of piperidine rings is 2. The zero-order valence-electron chi connectivity index (χ0n) is 21.7. The van der Waals surface area contributed by atoms with Crippen LogP contribution in [0.15, 0.2) is 48.5 Å². The molecular formula is C28H40N4O4+2. The smallest absolute Gasteiger partial charge is 0.269 e. The van der Waals surface area contributed by atoms with Crippen LogP contribution in [-0.4, -0.2) is 59.1 Å². The van der Waals surface area contributed by atoms with Crippen molar-refractivity contribution < 1.29 is 18.8 Å². The standard InChI is InChI=1S/C28H40N4O4/c1-31(21-25-5-3-7-27(19-25)29(33)34)15-11-23(12-16-31)9-10-24-13-17-32(2,18-14-24)22-26-6-4-8-28(20-26)30(35)36/h3-8,19-20,23-24H,9-18,21-22H2,1-2H3/q+2. The summed E-state index contributed by atoms with van der Waals surface area (Å²) in [4.78, 5) is 21.6. The van der Waals surface area contributed by atoms with Gasteiger partial charge in [0.05, 0.1) is 50.1 Å². The van der Waals surface area contributed by atoms with Gasteiger partial charge in [-0.15, -0.1) is 0 Å². The lowest BCUT2D eigenvalue weighted by atomic mass is 9.84. The lowest BCUT2D eigenvalue weighted by Gasteiger charge is -2.42. The van der Waals surface area contributed by atoms with Crippen LogP contribution >= 0.6 is 0 Å². The maximum absolute atomic E-state index is 11.1. The summed E-state index contributed by atoms with van der Waals surface area (Å²) < 4.78 is 1.93. The van der Waals surface area contributed by atoms with Crippen LogP contribution in [0.2, 0.25) is 0 Å². The van der Waals surface area contributed by atoms with Gasteiger partial charge in [0.25, 0.3) is 11.4 Å². The molecule has 0 spiro atoms. The molecule has 8 nitrogen and oxygen atoms in total. The molecular weight excluding hydrogens is 456 g/mol. The average molecular weight is 497 g/mol. The Bertz CT molecular complexity index is 987. The minimum Gasteiger partial charge on any atom is -0.322 e. The summed E-state index contributed by atoms with van der Waals surface area (Å²) in [5, 5.41) is 22.2. The van der Waals surface area contributed by atoms with Gasteiger partial charge in [0.1, 0.15) is 13.1 Å². The molecule has 0 unspecified atom stereocenters. The highest BCUT2D eigenvalue weighted by Crippen LogP contribution is 2.33. The third kappa shape index (κ3) is 6.89. The molecule has 4 rings (SSSR count). The Morgan fingerprint density at radius 1 is 0.694 bits per heavy atom. The second kappa shape index (κ2) is 11.0. The first kappa shape index (κ1) is 26.2. The van der Waals surface area contributed by atoms with E-state index in [2.05, 4.69) is 14.1 Å². The van der Waals surface area contributed by atoms with Gasteiger partial charge in [-0.3, -0.25) is 20.2 Å². The van der Waals surface area contributed by atoms with E-state index < -0.39 is 0 Å². The van der Waals surface area contributed by atoms with Crippen LogP contribution in [-0.2, 0) is 13.1 Å². The van der Waals surface area contributed by atoms with Gasteiger partial charge < -0.3 is 8.97 Å². The van der Waals surface area contributed by atoms with Crippen LogP contribution in [0.1, 0.15) is 49.7 Å². The van der Waals surface area contributed by atoms with E-state index in [4.69, 9.17) is 0 Å². The Hall–Kier alpha value is -2.84. The van der Waals surface area contributed by atoms with Crippen LogP contribution in [0.3, 0.4) is 0 Å². The lowest BCUT2D eigenvalue weighted by molar-refractivity contribution is -0.928. The van der Waals surface area contributed by atoms with E-state index in [-0.39, 0.29) is 21.2 Å². The molecule has 2 aliphatic rings. The highest BCUT2D eigenvalue weighted by atomic mass is 16.6. The van der Waals surface area contributed by atoms with Gasteiger partial charge in [-0.1, -0.05) is 24.3 Å². The summed E-state index contributed by atoms with van der Waals surface area (Å²) in [6.07, 6.45) is 7.54. The molecule has 2 fully saturated rings. The average Bonchev–Trinajstić information content (AvgIpc) is 2.85. The lowest BCUT2D eigenvalue weighted by Crippen LogP contribution is -2.49. The number of non-ortho nitro benzene ring substituents is 2. The Kier molecular flexibility index (Phi) is 8.05. The number of likely N-dealkylation sites (tertiary alicyclic amines) is 2. The molecule has 2 aliphatic heterocycles. The van der Waals surface area contributed by atoms with E-state index >= 15 is 0 Å². The predicted molar refractivity (Wildman–Crippen MR) is 140 cm³/mol. The predicted octanol–water partition coefficient (Wildman–Crippen LogP) is 5.70. The summed E-state index contributed by atoms with van der Waals surface area (Å²) in [6, 6.07) is 14.2. The summed E-state index contributed by atoms with van der Waals surface area (Å²) >= 11 is 0. The van der Waals surface area contributed by atoms with Crippen molar-refractivity contribution in [2.24, 2.45) is 11.8 Å². The van der Waals surface area contributed by atoms with Crippen molar-refractivity contribution in [1.82, 2.24) is 0 Å². The molecule has 2 saturated heterocycles. The number of hydrogen-bond acceptors (Lipinski definition) is 4. The number of nitrogens with zero attached hydrogens (tertiary/aromatic N) is 4. The first-order chi connectivity index (χ1) is 17.1. The van der Waals surface area contributed by atoms with Crippen LogP contribution in [0, 0.1) is 32.1 Å². The molecule has 2 heterocycles. The van der Waals surface area contributed by atoms with Crippen molar-refractivity contribution in [1.29, 1.82) is 0 Å².